The van der Waals surface area contributed by atoms with Crippen LogP contribution in [0.15, 0.2) is 74.9 Å². The van der Waals surface area contributed by atoms with E-state index >= 15 is 0 Å². The zero-order chi connectivity index (χ0) is 21.0. The van der Waals surface area contributed by atoms with Gasteiger partial charge in [-0.15, -0.1) is 24.0 Å². The van der Waals surface area contributed by atoms with E-state index in [1.165, 1.54) is 6.26 Å². The highest BCUT2D eigenvalue weighted by molar-refractivity contribution is 14.0. The molecule has 0 aliphatic carbocycles. The van der Waals surface area contributed by atoms with E-state index in [1.54, 1.807) is 25.4 Å². The van der Waals surface area contributed by atoms with Gasteiger partial charge >= 0.3 is 0 Å². The van der Waals surface area contributed by atoms with Crippen molar-refractivity contribution in [1.29, 1.82) is 0 Å². The molecule has 31 heavy (non-hydrogen) atoms. The van der Waals surface area contributed by atoms with Crippen molar-refractivity contribution in [2.75, 3.05) is 25.5 Å². The van der Waals surface area contributed by atoms with E-state index in [0.29, 0.717) is 25.4 Å². The number of carbonyl (C=O) groups is 1. The van der Waals surface area contributed by atoms with Gasteiger partial charge in [-0.25, -0.2) is 0 Å². The van der Waals surface area contributed by atoms with Crippen LogP contribution in [0.3, 0.4) is 0 Å². The molecule has 0 spiro atoms. The van der Waals surface area contributed by atoms with Gasteiger partial charge < -0.3 is 29.5 Å². The zero-order valence-corrected chi connectivity index (χ0v) is 19.6. The van der Waals surface area contributed by atoms with E-state index in [0.717, 1.165) is 30.2 Å². The minimum Gasteiger partial charge on any atom is -0.467 e. The summed E-state index contributed by atoms with van der Waals surface area (Å²) in [5.74, 6) is 1.55. The second kappa shape index (κ2) is 13.5. The third-order valence-corrected chi connectivity index (χ3v) is 4.22. The summed E-state index contributed by atoms with van der Waals surface area (Å²) in [4.78, 5) is 16.2. The van der Waals surface area contributed by atoms with Crippen molar-refractivity contribution in [3.05, 3.63) is 78.1 Å². The first-order chi connectivity index (χ1) is 14.7. The van der Waals surface area contributed by atoms with E-state index in [9.17, 15) is 4.79 Å². The number of nitrogens with zero attached hydrogens (tertiary/aromatic N) is 1. The van der Waals surface area contributed by atoms with Crippen LogP contribution in [-0.4, -0.2) is 32.1 Å². The summed E-state index contributed by atoms with van der Waals surface area (Å²) in [5.41, 5.74) is 1.77. The summed E-state index contributed by atoms with van der Waals surface area (Å²) in [6.07, 6.45) is 3.96. The van der Waals surface area contributed by atoms with Gasteiger partial charge in [-0.2, -0.15) is 0 Å². The highest BCUT2D eigenvalue weighted by Gasteiger charge is 2.08. The molecule has 3 rings (SSSR count). The minimum atomic E-state index is -0.274. The molecular weight excluding hydrogens is 511 g/mol. The monoisotopic (exact) mass is 538 g/mol. The molecule has 8 nitrogen and oxygen atoms in total. The number of halogens is 1. The first-order valence-corrected chi connectivity index (χ1v) is 9.73. The van der Waals surface area contributed by atoms with Gasteiger partial charge in [0.25, 0.3) is 5.91 Å². The highest BCUT2D eigenvalue weighted by atomic mass is 127. The predicted molar refractivity (Wildman–Crippen MR) is 130 cm³/mol. The SMILES string of the molecule is CN=C(NCCCOCc1ccco1)NCc1ccc(NC(=O)c2ccco2)cc1.I. The van der Waals surface area contributed by atoms with Crippen molar-refractivity contribution in [2.24, 2.45) is 4.99 Å². The number of aliphatic imine (C=N–C) groups is 1. The van der Waals surface area contributed by atoms with E-state index in [2.05, 4.69) is 20.9 Å². The Morgan fingerprint density at radius 1 is 1.03 bits per heavy atom. The van der Waals surface area contributed by atoms with Crippen LogP contribution in [0, 0.1) is 0 Å². The Labute approximate surface area is 198 Å². The molecule has 9 heteroatoms. The van der Waals surface area contributed by atoms with Crippen LogP contribution >= 0.6 is 24.0 Å². The zero-order valence-electron chi connectivity index (χ0n) is 17.3. The number of amides is 1. The molecule has 3 aromatic rings. The number of ether oxygens (including phenoxy) is 1. The summed E-state index contributed by atoms with van der Waals surface area (Å²) in [7, 11) is 1.73. The number of hydrogen-bond donors (Lipinski definition) is 3. The lowest BCUT2D eigenvalue weighted by Crippen LogP contribution is -2.37. The summed E-state index contributed by atoms with van der Waals surface area (Å²) in [6.45, 7) is 2.48. The molecule has 0 saturated carbocycles. The molecule has 0 fully saturated rings. The van der Waals surface area contributed by atoms with Gasteiger partial charge in [0, 0.05) is 32.4 Å². The lowest BCUT2D eigenvalue weighted by atomic mass is 10.2. The van der Waals surface area contributed by atoms with Crippen LogP contribution in [0.4, 0.5) is 5.69 Å². The van der Waals surface area contributed by atoms with Crippen molar-refractivity contribution < 1.29 is 18.4 Å². The Balaban J connectivity index is 0.00000341. The first-order valence-electron chi connectivity index (χ1n) is 9.73. The Hall–Kier alpha value is -2.79. The maximum absolute atomic E-state index is 12.0. The number of rotatable bonds is 10. The topological polar surface area (TPSA) is 101 Å². The number of carbonyl (C=O) groups excluding carboxylic acids is 1. The number of hydrogen-bond acceptors (Lipinski definition) is 5. The van der Waals surface area contributed by atoms with Crippen molar-refractivity contribution in [3.8, 4) is 0 Å². The largest absolute Gasteiger partial charge is 0.467 e. The maximum atomic E-state index is 12.0. The highest BCUT2D eigenvalue weighted by Crippen LogP contribution is 2.11. The third-order valence-electron chi connectivity index (χ3n) is 4.22. The Bertz CT molecular complexity index is 910. The number of benzene rings is 1. The first kappa shape index (κ1) is 24.5. The van der Waals surface area contributed by atoms with Gasteiger partial charge in [-0.1, -0.05) is 12.1 Å². The van der Waals surface area contributed by atoms with Crippen LogP contribution < -0.4 is 16.0 Å². The molecule has 2 aromatic heterocycles. The molecule has 2 heterocycles. The van der Waals surface area contributed by atoms with Gasteiger partial charge in [0.05, 0.1) is 12.5 Å². The number of anilines is 1. The smallest absolute Gasteiger partial charge is 0.291 e. The second-order valence-corrected chi connectivity index (χ2v) is 6.47. The number of nitrogens with one attached hydrogen (secondary N) is 3. The average Bonchev–Trinajstić information content (AvgIpc) is 3.48. The van der Waals surface area contributed by atoms with Crippen molar-refractivity contribution in [1.82, 2.24) is 10.6 Å². The van der Waals surface area contributed by atoms with Gasteiger partial charge in [-0.05, 0) is 48.4 Å². The Morgan fingerprint density at radius 2 is 1.81 bits per heavy atom. The second-order valence-electron chi connectivity index (χ2n) is 6.47. The lowest BCUT2D eigenvalue weighted by molar-refractivity contribution is 0.0996. The molecule has 0 radical (unpaired) electrons. The predicted octanol–water partition coefficient (Wildman–Crippen LogP) is 4.01. The number of furan rings is 2. The maximum Gasteiger partial charge on any atom is 0.291 e. The fourth-order valence-corrected chi connectivity index (χ4v) is 2.66. The fourth-order valence-electron chi connectivity index (χ4n) is 2.66. The molecule has 3 N–H and O–H groups in total. The van der Waals surface area contributed by atoms with Gasteiger partial charge in [0.15, 0.2) is 11.7 Å². The normalized spacial score (nSPS) is 10.9. The molecule has 1 aromatic carbocycles. The molecule has 0 saturated heterocycles. The van der Waals surface area contributed by atoms with E-state index in [4.69, 9.17) is 13.6 Å². The van der Waals surface area contributed by atoms with Gasteiger partial charge in [0.1, 0.15) is 12.4 Å². The lowest BCUT2D eigenvalue weighted by Gasteiger charge is -2.12. The Morgan fingerprint density at radius 3 is 2.48 bits per heavy atom. The van der Waals surface area contributed by atoms with E-state index < -0.39 is 0 Å². The van der Waals surface area contributed by atoms with E-state index in [-0.39, 0.29) is 35.6 Å². The minimum absolute atomic E-state index is 0. The Kier molecular flexibility index (Phi) is 10.7. The standard InChI is InChI=1S/C22H26N4O4.HI/c1-23-22(24-11-4-12-28-16-19-5-2-13-29-19)25-15-17-7-9-18(10-8-17)26-21(27)20-6-3-14-30-20;/h2-3,5-10,13-14H,4,11-12,15-16H2,1H3,(H,26,27)(H2,23,24,25);1H. The molecule has 0 atom stereocenters. The van der Waals surface area contributed by atoms with Crippen molar-refractivity contribution in [3.63, 3.8) is 0 Å². The molecule has 0 aliphatic rings. The van der Waals surface area contributed by atoms with Crippen LogP contribution in [-0.2, 0) is 17.9 Å². The van der Waals surface area contributed by atoms with Gasteiger partial charge in [-0.3, -0.25) is 9.79 Å². The van der Waals surface area contributed by atoms with Crippen molar-refractivity contribution in [2.45, 2.75) is 19.6 Å². The van der Waals surface area contributed by atoms with Crippen LogP contribution in [0.1, 0.15) is 28.3 Å². The third kappa shape index (κ3) is 8.46. The molecular formula is C22H27IN4O4. The van der Waals surface area contributed by atoms with Crippen LogP contribution in [0.2, 0.25) is 0 Å². The summed E-state index contributed by atoms with van der Waals surface area (Å²) in [6, 6.07) is 14.6. The average molecular weight is 538 g/mol. The quantitative estimate of drug-likeness (QED) is 0.156. The molecule has 0 bridgehead atoms. The summed E-state index contributed by atoms with van der Waals surface area (Å²) >= 11 is 0. The molecule has 0 aliphatic heterocycles. The fraction of sp³-hybridized carbons (Fsp3) is 0.273. The van der Waals surface area contributed by atoms with Crippen LogP contribution in [0.5, 0.6) is 0 Å². The van der Waals surface area contributed by atoms with Crippen LogP contribution in [0.25, 0.3) is 0 Å². The molecule has 0 unspecified atom stereocenters. The summed E-state index contributed by atoms with van der Waals surface area (Å²) in [5, 5.41) is 9.31. The number of guanidine groups is 1. The van der Waals surface area contributed by atoms with Gasteiger partial charge in [0.2, 0.25) is 0 Å². The summed E-state index contributed by atoms with van der Waals surface area (Å²) < 4.78 is 15.9. The molecule has 1 amide bonds. The van der Waals surface area contributed by atoms with E-state index in [1.807, 2.05) is 36.4 Å². The van der Waals surface area contributed by atoms with Crippen molar-refractivity contribution >= 4 is 41.5 Å². The molecule has 166 valence electrons.